The molecule has 4 atom stereocenters. The lowest BCUT2D eigenvalue weighted by Gasteiger charge is -2.29. The van der Waals surface area contributed by atoms with Crippen LogP contribution in [0.3, 0.4) is 0 Å². The summed E-state index contributed by atoms with van der Waals surface area (Å²) in [4.78, 5) is 53.5. The SMILES string of the molecule is Cc1cc(Cl)c2c(c1)C1(NC(CC(N)=O)[C@H]3C(=O)N(Cc4ccccc4)C(=O)[C@H]31)C(=O)N2. The van der Waals surface area contributed by atoms with Gasteiger partial charge in [0.1, 0.15) is 5.54 Å². The molecule has 8 nitrogen and oxygen atoms in total. The molecule has 2 aromatic rings. The lowest BCUT2D eigenvalue weighted by molar-refractivity contribution is -0.143. The number of amides is 4. The normalized spacial score (nSPS) is 28.2. The van der Waals surface area contributed by atoms with Gasteiger partial charge in [-0.05, 0) is 24.1 Å². The molecular formula is C23H21ClN4O4. The predicted octanol–water partition coefficient (Wildman–Crippen LogP) is 1.44. The highest BCUT2D eigenvalue weighted by molar-refractivity contribution is 6.35. The minimum atomic E-state index is -1.51. The van der Waals surface area contributed by atoms with Crippen molar-refractivity contribution in [2.45, 2.75) is 31.5 Å². The zero-order valence-corrected chi connectivity index (χ0v) is 18.0. The van der Waals surface area contributed by atoms with Crippen molar-refractivity contribution in [3.05, 3.63) is 64.2 Å². The number of likely N-dealkylation sites (tertiary alicyclic amines) is 1. The first-order valence-electron chi connectivity index (χ1n) is 10.3. The van der Waals surface area contributed by atoms with E-state index >= 15 is 0 Å². The molecule has 2 fully saturated rings. The first-order chi connectivity index (χ1) is 15.2. The number of primary amides is 1. The van der Waals surface area contributed by atoms with E-state index < -0.39 is 47.0 Å². The second kappa shape index (κ2) is 7.15. The summed E-state index contributed by atoms with van der Waals surface area (Å²) >= 11 is 6.39. The van der Waals surface area contributed by atoms with Gasteiger partial charge in [-0.1, -0.05) is 48.0 Å². The maximum Gasteiger partial charge on any atom is 0.250 e. The Balaban J connectivity index is 1.64. The van der Waals surface area contributed by atoms with E-state index in [1.165, 1.54) is 4.90 Å². The molecule has 164 valence electrons. The summed E-state index contributed by atoms with van der Waals surface area (Å²) in [5.74, 6) is -3.87. The Morgan fingerprint density at radius 2 is 1.88 bits per heavy atom. The Labute approximate surface area is 189 Å². The van der Waals surface area contributed by atoms with Gasteiger partial charge in [-0.15, -0.1) is 0 Å². The average molecular weight is 453 g/mol. The first kappa shape index (κ1) is 20.7. The van der Waals surface area contributed by atoms with Crippen molar-refractivity contribution in [2.75, 3.05) is 5.32 Å². The van der Waals surface area contributed by atoms with Crippen molar-refractivity contribution >= 4 is 40.9 Å². The van der Waals surface area contributed by atoms with Crippen molar-refractivity contribution in [1.29, 1.82) is 0 Å². The Bertz CT molecular complexity index is 1180. The van der Waals surface area contributed by atoms with Gasteiger partial charge in [-0.25, -0.2) is 0 Å². The van der Waals surface area contributed by atoms with E-state index in [9.17, 15) is 19.2 Å². The molecular weight excluding hydrogens is 432 g/mol. The molecule has 0 aliphatic carbocycles. The quantitative estimate of drug-likeness (QED) is 0.606. The minimum absolute atomic E-state index is 0.0912. The molecule has 2 saturated heterocycles. The predicted molar refractivity (Wildman–Crippen MR) is 116 cm³/mol. The molecule has 4 amide bonds. The third kappa shape index (κ3) is 2.79. The summed E-state index contributed by atoms with van der Waals surface area (Å²) < 4.78 is 0. The van der Waals surface area contributed by atoms with Crippen LogP contribution in [0.1, 0.15) is 23.1 Å². The molecule has 32 heavy (non-hydrogen) atoms. The van der Waals surface area contributed by atoms with Gasteiger partial charge in [0.15, 0.2) is 0 Å². The fraction of sp³-hybridized carbons (Fsp3) is 0.304. The van der Waals surface area contributed by atoms with Crippen molar-refractivity contribution in [3.8, 4) is 0 Å². The number of carbonyl (C=O) groups is 4. The minimum Gasteiger partial charge on any atom is -0.370 e. The van der Waals surface area contributed by atoms with Crippen LogP contribution in [0.2, 0.25) is 5.02 Å². The van der Waals surface area contributed by atoms with Crippen LogP contribution >= 0.6 is 11.6 Å². The topological polar surface area (TPSA) is 122 Å². The standard InChI is InChI=1S/C23H21ClN4O4/c1-11-7-13-19(14(24)8-11)26-22(32)23(13)18-17(15(27-23)9-16(25)29)20(30)28(21(18)31)10-12-5-3-2-4-6-12/h2-8,15,17-18,27H,9-10H2,1H3,(H2,25,29)(H,26,32)/t15?,17-,18+,23?/m1/s1. The van der Waals surface area contributed by atoms with E-state index in [0.717, 1.165) is 11.1 Å². The number of hydrogen-bond donors (Lipinski definition) is 3. The molecule has 0 saturated carbocycles. The van der Waals surface area contributed by atoms with Crippen LogP contribution in [0.25, 0.3) is 0 Å². The van der Waals surface area contributed by atoms with Crippen LogP contribution in [-0.4, -0.2) is 34.6 Å². The van der Waals surface area contributed by atoms with Crippen LogP contribution in [-0.2, 0) is 31.3 Å². The average Bonchev–Trinajstić information content (AvgIpc) is 3.30. The summed E-state index contributed by atoms with van der Waals surface area (Å²) in [6.45, 7) is 1.92. The Kier molecular flexibility index (Phi) is 4.61. The van der Waals surface area contributed by atoms with Crippen molar-refractivity contribution in [3.63, 3.8) is 0 Å². The maximum atomic E-state index is 13.7. The number of benzene rings is 2. The molecule has 1 spiro atoms. The lowest BCUT2D eigenvalue weighted by atomic mass is 9.76. The smallest absolute Gasteiger partial charge is 0.250 e. The third-order valence-corrected chi connectivity index (χ3v) is 6.91. The molecule has 5 rings (SSSR count). The largest absolute Gasteiger partial charge is 0.370 e. The summed E-state index contributed by atoms with van der Waals surface area (Å²) in [5, 5.41) is 6.29. The van der Waals surface area contributed by atoms with Crippen molar-refractivity contribution in [2.24, 2.45) is 17.6 Å². The number of nitrogens with zero attached hydrogens (tertiary/aromatic N) is 1. The van der Waals surface area contributed by atoms with Crippen LogP contribution in [0.5, 0.6) is 0 Å². The fourth-order valence-electron chi connectivity index (χ4n) is 5.37. The van der Waals surface area contributed by atoms with E-state index in [1.54, 1.807) is 12.1 Å². The van der Waals surface area contributed by atoms with Crippen LogP contribution in [0.15, 0.2) is 42.5 Å². The summed E-state index contributed by atoms with van der Waals surface area (Å²) in [6.07, 6.45) is -0.177. The second-order valence-corrected chi connectivity index (χ2v) is 9.01. The van der Waals surface area contributed by atoms with Gasteiger partial charge in [0.2, 0.25) is 23.6 Å². The van der Waals surface area contributed by atoms with Gasteiger partial charge in [0.05, 0.1) is 29.1 Å². The van der Waals surface area contributed by atoms with Gasteiger partial charge in [0.25, 0.3) is 0 Å². The number of anilines is 1. The second-order valence-electron chi connectivity index (χ2n) is 8.60. The van der Waals surface area contributed by atoms with Crippen molar-refractivity contribution < 1.29 is 19.2 Å². The number of rotatable bonds is 4. The summed E-state index contributed by atoms with van der Waals surface area (Å²) in [5.41, 5.74) is 6.46. The highest BCUT2D eigenvalue weighted by atomic mass is 35.5. The molecule has 0 radical (unpaired) electrons. The third-order valence-electron chi connectivity index (χ3n) is 6.62. The Morgan fingerprint density at radius 3 is 2.56 bits per heavy atom. The number of aryl methyl sites for hydroxylation is 1. The number of fused-ring (bicyclic) bond motifs is 4. The number of halogens is 1. The number of nitrogens with two attached hydrogens (primary N) is 1. The molecule has 3 heterocycles. The van der Waals surface area contributed by atoms with E-state index in [4.69, 9.17) is 17.3 Å². The molecule has 3 aliphatic heterocycles. The fourth-order valence-corrected chi connectivity index (χ4v) is 5.69. The van der Waals surface area contributed by atoms with Gasteiger partial charge < -0.3 is 11.1 Å². The highest BCUT2D eigenvalue weighted by Crippen LogP contribution is 2.54. The zero-order chi connectivity index (χ0) is 22.8. The van der Waals surface area contributed by atoms with Crippen LogP contribution in [0.4, 0.5) is 5.69 Å². The van der Waals surface area contributed by atoms with E-state index in [-0.39, 0.29) is 13.0 Å². The molecule has 9 heteroatoms. The van der Waals surface area contributed by atoms with Gasteiger partial charge in [0, 0.05) is 18.0 Å². The molecule has 0 aromatic heterocycles. The maximum absolute atomic E-state index is 13.7. The van der Waals surface area contributed by atoms with Gasteiger partial charge in [-0.3, -0.25) is 29.4 Å². The molecule has 4 N–H and O–H groups in total. The van der Waals surface area contributed by atoms with Gasteiger partial charge >= 0.3 is 0 Å². The van der Waals surface area contributed by atoms with Gasteiger partial charge in [-0.2, -0.15) is 0 Å². The van der Waals surface area contributed by atoms with Crippen molar-refractivity contribution in [1.82, 2.24) is 10.2 Å². The molecule has 2 aromatic carbocycles. The van der Waals surface area contributed by atoms with Crippen LogP contribution < -0.4 is 16.4 Å². The van der Waals surface area contributed by atoms with E-state index in [1.807, 2.05) is 37.3 Å². The number of carbonyl (C=O) groups excluding carboxylic acids is 4. The van der Waals surface area contributed by atoms with E-state index in [0.29, 0.717) is 16.3 Å². The summed E-state index contributed by atoms with van der Waals surface area (Å²) in [7, 11) is 0. The van der Waals surface area contributed by atoms with Crippen LogP contribution in [0, 0.1) is 18.8 Å². The molecule has 3 aliphatic rings. The number of hydrogen-bond acceptors (Lipinski definition) is 5. The molecule has 2 unspecified atom stereocenters. The first-order valence-corrected chi connectivity index (χ1v) is 10.7. The Morgan fingerprint density at radius 1 is 1.16 bits per heavy atom. The summed E-state index contributed by atoms with van der Waals surface area (Å²) in [6, 6.07) is 11.9. The Hall–Kier alpha value is -3.23. The highest BCUT2D eigenvalue weighted by Gasteiger charge is 2.70. The number of nitrogens with one attached hydrogen (secondary N) is 2. The van der Waals surface area contributed by atoms with E-state index in [2.05, 4.69) is 10.6 Å². The molecule has 0 bridgehead atoms. The lowest BCUT2D eigenvalue weighted by Crippen LogP contribution is -2.53. The number of imide groups is 1. The zero-order valence-electron chi connectivity index (χ0n) is 17.2. The monoisotopic (exact) mass is 452 g/mol.